The van der Waals surface area contributed by atoms with Crippen molar-refractivity contribution in [1.82, 2.24) is 0 Å². The van der Waals surface area contributed by atoms with Crippen LogP contribution in [-0.4, -0.2) is 24.4 Å². The molecule has 1 aromatic heterocycles. The first-order chi connectivity index (χ1) is 17.5. The normalized spacial score (nSPS) is 10.6. The number of esters is 1. The third-order valence-corrected chi connectivity index (χ3v) is 6.83. The van der Waals surface area contributed by atoms with Gasteiger partial charge in [-0.05, 0) is 42.7 Å². The Morgan fingerprint density at radius 3 is 1.86 bits per heavy atom. The molecule has 3 aromatic carbocycles. The molecule has 0 aliphatic heterocycles. The second-order valence-corrected chi connectivity index (χ2v) is 9.07. The fourth-order valence-electron chi connectivity index (χ4n) is 3.95. The smallest absolute Gasteiger partial charge is 0.341 e. The largest absolute Gasteiger partial charge is 0.462 e. The van der Waals surface area contributed by atoms with Gasteiger partial charge in [-0.3, -0.25) is 9.59 Å². The SMILES string of the molecule is CCOC(=O)c1c(NC(=O)C(c2ccccc2)c2ccccc2)sc(C(=O)Nc2ccccc2)c1C. The number of amides is 2. The summed E-state index contributed by atoms with van der Waals surface area (Å²) in [7, 11) is 0. The van der Waals surface area contributed by atoms with Crippen LogP contribution in [0.4, 0.5) is 10.7 Å². The number of carbonyl (C=O) groups is 3. The van der Waals surface area contributed by atoms with Gasteiger partial charge in [0.2, 0.25) is 5.91 Å². The molecule has 0 aliphatic rings. The molecule has 0 atom stereocenters. The second-order valence-electron chi connectivity index (χ2n) is 8.04. The van der Waals surface area contributed by atoms with E-state index in [2.05, 4.69) is 10.6 Å². The summed E-state index contributed by atoms with van der Waals surface area (Å²) in [5.41, 5.74) is 2.90. The van der Waals surface area contributed by atoms with Crippen LogP contribution in [0.15, 0.2) is 91.0 Å². The fourth-order valence-corrected chi connectivity index (χ4v) is 5.04. The third-order valence-electron chi connectivity index (χ3n) is 5.63. The Morgan fingerprint density at radius 1 is 0.806 bits per heavy atom. The minimum atomic E-state index is -0.605. The van der Waals surface area contributed by atoms with Gasteiger partial charge in [-0.25, -0.2) is 4.79 Å². The zero-order valence-corrected chi connectivity index (χ0v) is 20.8. The molecule has 1 heterocycles. The quantitative estimate of drug-likeness (QED) is 0.281. The summed E-state index contributed by atoms with van der Waals surface area (Å²) in [6.07, 6.45) is 0. The van der Waals surface area contributed by atoms with Crippen LogP contribution < -0.4 is 10.6 Å². The van der Waals surface area contributed by atoms with Gasteiger partial charge in [0, 0.05) is 5.69 Å². The predicted octanol–water partition coefficient (Wildman–Crippen LogP) is 6.26. The first-order valence-electron chi connectivity index (χ1n) is 11.6. The van der Waals surface area contributed by atoms with Gasteiger partial charge >= 0.3 is 5.97 Å². The van der Waals surface area contributed by atoms with Crippen LogP contribution in [0.3, 0.4) is 0 Å². The first kappa shape index (κ1) is 24.9. The van der Waals surface area contributed by atoms with Crippen molar-refractivity contribution in [1.29, 1.82) is 0 Å². The van der Waals surface area contributed by atoms with Crippen molar-refractivity contribution in [2.75, 3.05) is 17.2 Å². The molecule has 0 fully saturated rings. The maximum Gasteiger partial charge on any atom is 0.341 e. The Morgan fingerprint density at radius 2 is 1.33 bits per heavy atom. The van der Waals surface area contributed by atoms with E-state index in [0.717, 1.165) is 22.5 Å². The number of nitrogens with one attached hydrogen (secondary N) is 2. The summed E-state index contributed by atoms with van der Waals surface area (Å²) in [6, 6.07) is 27.9. The second kappa shape index (κ2) is 11.5. The maximum atomic E-state index is 13.7. The molecule has 2 amide bonds. The van der Waals surface area contributed by atoms with Gasteiger partial charge in [0.15, 0.2) is 0 Å². The lowest BCUT2D eigenvalue weighted by atomic mass is 9.90. The Kier molecular flexibility index (Phi) is 7.92. The van der Waals surface area contributed by atoms with Crippen LogP contribution in [0.1, 0.15) is 49.6 Å². The average Bonchev–Trinajstić information content (AvgIpc) is 3.22. The molecule has 2 N–H and O–H groups in total. The summed E-state index contributed by atoms with van der Waals surface area (Å²) >= 11 is 1.06. The summed E-state index contributed by atoms with van der Waals surface area (Å²) in [4.78, 5) is 39.9. The minimum absolute atomic E-state index is 0.170. The van der Waals surface area contributed by atoms with E-state index in [1.54, 1.807) is 26.0 Å². The zero-order valence-electron chi connectivity index (χ0n) is 20.0. The van der Waals surface area contributed by atoms with Crippen molar-refractivity contribution < 1.29 is 19.1 Å². The van der Waals surface area contributed by atoms with Crippen LogP contribution in [0.5, 0.6) is 0 Å². The molecular formula is C29H26N2O4S. The van der Waals surface area contributed by atoms with E-state index < -0.39 is 11.9 Å². The van der Waals surface area contributed by atoms with Crippen molar-refractivity contribution >= 4 is 39.8 Å². The molecule has 0 unspecified atom stereocenters. The first-order valence-corrected chi connectivity index (χ1v) is 12.4. The number of ether oxygens (including phenoxy) is 1. The molecule has 6 nitrogen and oxygen atoms in total. The molecule has 182 valence electrons. The van der Waals surface area contributed by atoms with Crippen LogP contribution in [0.25, 0.3) is 0 Å². The molecule has 4 aromatic rings. The van der Waals surface area contributed by atoms with Crippen molar-refractivity contribution in [3.8, 4) is 0 Å². The molecule has 0 radical (unpaired) electrons. The van der Waals surface area contributed by atoms with E-state index in [1.165, 1.54) is 0 Å². The van der Waals surface area contributed by atoms with Crippen LogP contribution in [-0.2, 0) is 9.53 Å². The Balaban J connectivity index is 1.71. The summed E-state index contributed by atoms with van der Waals surface area (Å²) in [5, 5.41) is 6.05. The highest BCUT2D eigenvalue weighted by Crippen LogP contribution is 2.36. The molecule has 36 heavy (non-hydrogen) atoms. The number of rotatable bonds is 8. The number of carbonyl (C=O) groups excluding carboxylic acids is 3. The van der Waals surface area contributed by atoms with Crippen molar-refractivity contribution in [3.05, 3.63) is 118 Å². The molecule has 0 saturated carbocycles. The highest BCUT2D eigenvalue weighted by Gasteiger charge is 2.29. The molecule has 4 rings (SSSR count). The van der Waals surface area contributed by atoms with Crippen LogP contribution >= 0.6 is 11.3 Å². The van der Waals surface area contributed by atoms with Gasteiger partial charge in [-0.1, -0.05) is 78.9 Å². The van der Waals surface area contributed by atoms with E-state index >= 15 is 0 Å². The van der Waals surface area contributed by atoms with Crippen molar-refractivity contribution in [3.63, 3.8) is 0 Å². The number of hydrogen-bond donors (Lipinski definition) is 2. The van der Waals surface area contributed by atoms with E-state index in [1.807, 2.05) is 78.9 Å². The Bertz CT molecular complexity index is 1310. The lowest BCUT2D eigenvalue weighted by Crippen LogP contribution is -2.23. The molecular weight excluding hydrogens is 472 g/mol. The monoisotopic (exact) mass is 498 g/mol. The maximum absolute atomic E-state index is 13.7. The summed E-state index contributed by atoms with van der Waals surface area (Å²) in [5.74, 6) is -1.87. The van der Waals surface area contributed by atoms with Gasteiger partial charge in [0.05, 0.1) is 23.0 Å². The number of hydrogen-bond acceptors (Lipinski definition) is 5. The van der Waals surface area contributed by atoms with E-state index in [9.17, 15) is 14.4 Å². The van der Waals surface area contributed by atoms with Gasteiger partial charge in [0.25, 0.3) is 5.91 Å². The summed E-state index contributed by atoms with van der Waals surface area (Å²) in [6.45, 7) is 3.57. The van der Waals surface area contributed by atoms with Crippen molar-refractivity contribution in [2.45, 2.75) is 19.8 Å². The number of thiophene rings is 1. The number of anilines is 2. The van der Waals surface area contributed by atoms with Crippen LogP contribution in [0.2, 0.25) is 0 Å². The Hall–Kier alpha value is -4.23. The predicted molar refractivity (Wildman–Crippen MR) is 143 cm³/mol. The van der Waals surface area contributed by atoms with Gasteiger partial charge in [-0.2, -0.15) is 0 Å². The van der Waals surface area contributed by atoms with Crippen molar-refractivity contribution in [2.24, 2.45) is 0 Å². The standard InChI is InChI=1S/C29H26N2O4S/c1-3-35-29(34)23-19(2)25(27(33)30-22-17-11-6-12-18-22)36-28(23)31-26(32)24(20-13-7-4-8-14-20)21-15-9-5-10-16-21/h4-18,24H,3H2,1-2H3,(H,30,33)(H,31,32). The van der Waals surface area contributed by atoms with Gasteiger partial charge in [0.1, 0.15) is 5.00 Å². The lowest BCUT2D eigenvalue weighted by molar-refractivity contribution is -0.116. The highest BCUT2D eigenvalue weighted by atomic mass is 32.1. The van der Waals surface area contributed by atoms with E-state index in [-0.39, 0.29) is 29.0 Å². The number of para-hydroxylation sites is 1. The third kappa shape index (κ3) is 5.53. The topological polar surface area (TPSA) is 84.5 Å². The molecule has 0 spiro atoms. The molecule has 0 saturated heterocycles. The molecule has 7 heteroatoms. The zero-order chi connectivity index (χ0) is 25.5. The number of benzene rings is 3. The minimum Gasteiger partial charge on any atom is -0.462 e. The lowest BCUT2D eigenvalue weighted by Gasteiger charge is -2.18. The fraction of sp³-hybridized carbons (Fsp3) is 0.138. The summed E-state index contributed by atoms with van der Waals surface area (Å²) < 4.78 is 5.26. The highest BCUT2D eigenvalue weighted by molar-refractivity contribution is 7.19. The van der Waals surface area contributed by atoms with Gasteiger partial charge in [-0.15, -0.1) is 11.3 Å². The van der Waals surface area contributed by atoms with E-state index in [4.69, 9.17) is 4.74 Å². The van der Waals surface area contributed by atoms with Crippen LogP contribution in [0, 0.1) is 6.92 Å². The molecule has 0 aliphatic carbocycles. The molecule has 0 bridgehead atoms. The van der Waals surface area contributed by atoms with Gasteiger partial charge < -0.3 is 15.4 Å². The van der Waals surface area contributed by atoms with E-state index in [0.29, 0.717) is 16.1 Å². The Labute approximate surface area is 213 Å². The average molecular weight is 499 g/mol.